The molecule has 1 atom stereocenters. The van der Waals surface area contributed by atoms with E-state index in [1.165, 1.54) is 4.88 Å². The van der Waals surface area contributed by atoms with Crippen LogP contribution in [0.2, 0.25) is 0 Å². The van der Waals surface area contributed by atoms with E-state index >= 15 is 0 Å². The number of hydrogen-bond acceptors (Lipinski definition) is 5. The fourth-order valence-electron chi connectivity index (χ4n) is 3.68. The molecule has 0 radical (unpaired) electrons. The number of thiophene rings is 1. The van der Waals surface area contributed by atoms with Crippen molar-refractivity contribution in [2.24, 2.45) is 4.99 Å². The van der Waals surface area contributed by atoms with E-state index in [9.17, 15) is 0 Å². The van der Waals surface area contributed by atoms with Crippen LogP contribution >= 0.6 is 11.3 Å². The van der Waals surface area contributed by atoms with E-state index in [0.717, 1.165) is 55.3 Å². The molecule has 152 valence electrons. The van der Waals surface area contributed by atoms with Gasteiger partial charge in [0, 0.05) is 49.7 Å². The highest BCUT2D eigenvalue weighted by Gasteiger charge is 2.23. The lowest BCUT2D eigenvalue weighted by Crippen LogP contribution is -2.46. The molecule has 1 fully saturated rings. The molecule has 1 unspecified atom stereocenters. The van der Waals surface area contributed by atoms with E-state index in [1.807, 2.05) is 19.3 Å². The lowest BCUT2D eigenvalue weighted by atomic mass is 10.1. The Morgan fingerprint density at radius 2 is 2.03 bits per heavy atom. The first kappa shape index (κ1) is 19.8. The van der Waals surface area contributed by atoms with Crippen molar-refractivity contribution in [2.75, 3.05) is 39.9 Å². The highest BCUT2D eigenvalue weighted by Crippen LogP contribution is 2.25. The lowest BCUT2D eigenvalue weighted by Gasteiger charge is -2.34. The van der Waals surface area contributed by atoms with Crippen LogP contribution in [0.1, 0.15) is 16.5 Å². The van der Waals surface area contributed by atoms with Gasteiger partial charge in [-0.25, -0.2) is 0 Å². The second-order valence-corrected chi connectivity index (χ2v) is 7.96. The second kappa shape index (κ2) is 9.82. The Morgan fingerprint density at radius 1 is 1.17 bits per heavy atom. The Hall–Kier alpha value is -2.48. The number of nitrogens with zero attached hydrogens (tertiary/aromatic N) is 3. The van der Waals surface area contributed by atoms with Crippen molar-refractivity contribution in [3.05, 3.63) is 64.5 Å². The molecular weight excluding hydrogens is 382 g/mol. The zero-order chi connectivity index (χ0) is 19.9. The van der Waals surface area contributed by atoms with Crippen LogP contribution < -0.4 is 10.6 Å². The molecule has 0 saturated carbocycles. The third-order valence-electron chi connectivity index (χ3n) is 5.21. The van der Waals surface area contributed by atoms with Crippen LogP contribution in [0.15, 0.2) is 59.0 Å². The number of aromatic nitrogens is 1. The first-order valence-electron chi connectivity index (χ1n) is 9.97. The number of fused-ring (bicyclic) bond motifs is 1. The highest BCUT2D eigenvalue weighted by atomic mass is 32.1. The molecule has 0 aliphatic carbocycles. The normalized spacial score (nSPS) is 16.7. The molecule has 1 aliphatic rings. The van der Waals surface area contributed by atoms with Crippen molar-refractivity contribution in [2.45, 2.75) is 12.6 Å². The van der Waals surface area contributed by atoms with E-state index in [0.29, 0.717) is 12.6 Å². The van der Waals surface area contributed by atoms with Gasteiger partial charge in [0.1, 0.15) is 0 Å². The molecule has 7 heteroatoms. The first-order valence-corrected chi connectivity index (χ1v) is 10.9. The van der Waals surface area contributed by atoms with Gasteiger partial charge in [-0.15, -0.1) is 11.3 Å². The van der Waals surface area contributed by atoms with Crippen molar-refractivity contribution < 1.29 is 4.74 Å². The summed E-state index contributed by atoms with van der Waals surface area (Å²) in [6.07, 6.45) is 1.84. The maximum atomic E-state index is 5.54. The zero-order valence-corrected chi connectivity index (χ0v) is 17.5. The SMILES string of the molecule is CN=C(NCc1cccc2cccnc12)NCC(c1cccs1)N1CCOCC1. The van der Waals surface area contributed by atoms with Crippen molar-refractivity contribution >= 4 is 28.2 Å². The summed E-state index contributed by atoms with van der Waals surface area (Å²) in [5, 5.41) is 10.3. The molecule has 0 spiro atoms. The molecule has 1 aromatic carbocycles. The number of guanidine groups is 1. The molecule has 0 bridgehead atoms. The molecule has 1 aliphatic heterocycles. The minimum absolute atomic E-state index is 0.316. The van der Waals surface area contributed by atoms with Gasteiger partial charge in [-0.2, -0.15) is 0 Å². The minimum atomic E-state index is 0.316. The molecule has 6 nitrogen and oxygen atoms in total. The Morgan fingerprint density at radius 3 is 2.83 bits per heavy atom. The molecular formula is C22H27N5OS. The van der Waals surface area contributed by atoms with Crippen LogP contribution in [-0.2, 0) is 11.3 Å². The molecule has 3 heterocycles. The average molecular weight is 410 g/mol. The first-order chi connectivity index (χ1) is 14.3. The molecule has 2 N–H and O–H groups in total. The predicted molar refractivity (Wildman–Crippen MR) is 119 cm³/mol. The quantitative estimate of drug-likeness (QED) is 0.484. The van der Waals surface area contributed by atoms with E-state index in [-0.39, 0.29) is 0 Å². The van der Waals surface area contributed by atoms with Crippen LogP contribution in [0.4, 0.5) is 0 Å². The van der Waals surface area contributed by atoms with Gasteiger partial charge >= 0.3 is 0 Å². The minimum Gasteiger partial charge on any atom is -0.379 e. The molecule has 0 amide bonds. The Kier molecular flexibility index (Phi) is 6.71. The molecule has 29 heavy (non-hydrogen) atoms. The molecule has 3 aromatic rings. The third kappa shape index (κ3) is 4.93. The summed E-state index contributed by atoms with van der Waals surface area (Å²) in [6.45, 7) is 4.98. The van der Waals surface area contributed by atoms with Gasteiger partial charge in [0.2, 0.25) is 0 Å². The number of ether oxygens (including phenoxy) is 1. The van der Waals surface area contributed by atoms with E-state index in [4.69, 9.17) is 4.74 Å². The number of hydrogen-bond donors (Lipinski definition) is 2. The predicted octanol–water partition coefficient (Wildman–Crippen LogP) is 3.03. The standard InChI is InChI=1S/C22H27N5OS/c1-23-22(25-15-18-6-2-5-17-7-3-9-24-21(17)18)26-16-19(20-8-4-14-29-20)27-10-12-28-13-11-27/h2-9,14,19H,10-13,15-16H2,1H3,(H2,23,25,26). The second-order valence-electron chi connectivity index (χ2n) is 6.98. The highest BCUT2D eigenvalue weighted by molar-refractivity contribution is 7.10. The molecule has 1 saturated heterocycles. The molecule has 4 rings (SSSR count). The fourth-order valence-corrected chi connectivity index (χ4v) is 4.54. The van der Waals surface area contributed by atoms with Gasteiger partial charge in [0.15, 0.2) is 5.96 Å². The van der Waals surface area contributed by atoms with Crippen molar-refractivity contribution in [3.63, 3.8) is 0 Å². The number of benzene rings is 1. The Labute approximate surface area is 175 Å². The van der Waals surface area contributed by atoms with Gasteiger partial charge < -0.3 is 15.4 Å². The fraction of sp³-hybridized carbons (Fsp3) is 0.364. The van der Waals surface area contributed by atoms with Crippen molar-refractivity contribution in [1.82, 2.24) is 20.5 Å². The van der Waals surface area contributed by atoms with Gasteiger partial charge in [-0.3, -0.25) is 14.9 Å². The maximum absolute atomic E-state index is 5.54. The number of rotatable bonds is 6. The van der Waals surface area contributed by atoms with Crippen LogP contribution in [0, 0.1) is 0 Å². The van der Waals surface area contributed by atoms with E-state index in [2.05, 4.69) is 67.3 Å². The van der Waals surface area contributed by atoms with Crippen LogP contribution in [0.25, 0.3) is 10.9 Å². The van der Waals surface area contributed by atoms with Gasteiger partial charge in [0.25, 0.3) is 0 Å². The third-order valence-corrected chi connectivity index (χ3v) is 6.18. The smallest absolute Gasteiger partial charge is 0.191 e. The Bertz CT molecular complexity index is 932. The number of para-hydroxylation sites is 1. The van der Waals surface area contributed by atoms with Gasteiger partial charge in [-0.1, -0.05) is 30.3 Å². The summed E-state index contributed by atoms with van der Waals surface area (Å²) >= 11 is 1.80. The summed E-state index contributed by atoms with van der Waals surface area (Å²) < 4.78 is 5.54. The summed E-state index contributed by atoms with van der Waals surface area (Å²) in [5.74, 6) is 0.799. The van der Waals surface area contributed by atoms with Gasteiger partial charge in [0.05, 0.1) is 24.8 Å². The van der Waals surface area contributed by atoms with Crippen LogP contribution in [0.5, 0.6) is 0 Å². The van der Waals surface area contributed by atoms with Crippen molar-refractivity contribution in [3.8, 4) is 0 Å². The van der Waals surface area contributed by atoms with Crippen LogP contribution in [0.3, 0.4) is 0 Å². The van der Waals surface area contributed by atoms with Crippen molar-refractivity contribution in [1.29, 1.82) is 0 Å². The molecule has 2 aromatic heterocycles. The number of aliphatic imine (C=N–C) groups is 1. The largest absolute Gasteiger partial charge is 0.379 e. The topological polar surface area (TPSA) is 61.8 Å². The average Bonchev–Trinajstić information content (AvgIpc) is 3.31. The van der Waals surface area contributed by atoms with Gasteiger partial charge in [-0.05, 0) is 23.1 Å². The van der Waals surface area contributed by atoms with E-state index in [1.54, 1.807) is 11.3 Å². The number of nitrogens with one attached hydrogen (secondary N) is 2. The summed E-state index contributed by atoms with van der Waals surface area (Å²) in [7, 11) is 1.81. The Balaban J connectivity index is 1.40. The summed E-state index contributed by atoms with van der Waals surface area (Å²) in [4.78, 5) is 12.8. The van der Waals surface area contributed by atoms with Crippen LogP contribution in [-0.4, -0.2) is 55.7 Å². The summed E-state index contributed by atoms with van der Waals surface area (Å²) in [6, 6.07) is 15.0. The zero-order valence-electron chi connectivity index (χ0n) is 16.7. The lowest BCUT2D eigenvalue weighted by molar-refractivity contribution is 0.0177. The number of morpholine rings is 1. The maximum Gasteiger partial charge on any atom is 0.191 e. The number of pyridine rings is 1. The summed E-state index contributed by atoms with van der Waals surface area (Å²) in [5.41, 5.74) is 2.19. The van der Waals surface area contributed by atoms with E-state index < -0.39 is 0 Å². The monoisotopic (exact) mass is 409 g/mol.